The molecule has 3 rings (SSSR count). The van der Waals surface area contributed by atoms with Gasteiger partial charge in [-0.1, -0.05) is 6.07 Å². The highest BCUT2D eigenvalue weighted by atomic mass is 32.2. The molecule has 0 spiro atoms. The third-order valence-electron chi connectivity index (χ3n) is 3.64. The first kappa shape index (κ1) is 16.5. The molecule has 2 aromatic rings. The highest BCUT2D eigenvalue weighted by Crippen LogP contribution is 2.30. The minimum absolute atomic E-state index is 0.297. The second kappa shape index (κ2) is 6.66. The number of nitrogens with zero attached hydrogens (tertiary/aromatic N) is 3. The van der Waals surface area contributed by atoms with E-state index in [1.54, 1.807) is 10.6 Å². The average Bonchev–Trinajstić information content (AvgIpc) is 2.88. The first-order valence-electron chi connectivity index (χ1n) is 7.09. The fraction of sp³-hybridized carbons (Fsp3) is 0.429. The van der Waals surface area contributed by atoms with Crippen LogP contribution in [-0.4, -0.2) is 44.3 Å². The van der Waals surface area contributed by atoms with Crippen molar-refractivity contribution in [3.05, 3.63) is 40.4 Å². The van der Waals surface area contributed by atoms with Gasteiger partial charge in [0.05, 0.1) is 17.8 Å². The molecule has 23 heavy (non-hydrogen) atoms. The van der Waals surface area contributed by atoms with Gasteiger partial charge in [-0.15, -0.1) is 0 Å². The lowest BCUT2D eigenvalue weighted by Crippen LogP contribution is -2.33. The Morgan fingerprint density at radius 1 is 1.26 bits per heavy atom. The zero-order chi connectivity index (χ0) is 16.4. The highest BCUT2D eigenvalue weighted by Gasteiger charge is 2.30. The van der Waals surface area contributed by atoms with Crippen LogP contribution in [-0.2, 0) is 12.7 Å². The second-order valence-electron chi connectivity index (χ2n) is 5.22. The molecule has 1 aliphatic rings. The Labute approximate surface area is 140 Å². The van der Waals surface area contributed by atoms with E-state index in [1.807, 2.05) is 11.8 Å². The molecule has 0 bridgehead atoms. The van der Waals surface area contributed by atoms with Crippen molar-refractivity contribution in [2.24, 2.45) is 0 Å². The third-order valence-corrected chi connectivity index (χ3v) is 4.86. The van der Waals surface area contributed by atoms with E-state index in [9.17, 15) is 13.2 Å². The van der Waals surface area contributed by atoms with Crippen LogP contribution in [0.5, 0.6) is 0 Å². The van der Waals surface area contributed by atoms with Crippen LogP contribution in [0.15, 0.2) is 24.3 Å². The molecule has 1 aliphatic heterocycles. The largest absolute Gasteiger partial charge is 0.416 e. The summed E-state index contributed by atoms with van der Waals surface area (Å²) in [4.78, 5) is 2.23. The SMILES string of the molecule is FC(F)(F)c1cccc(-n2c(CN3CCSCC3)n[nH]c2=S)c1. The monoisotopic (exact) mass is 360 g/mol. The standard InChI is InChI=1S/C14H15F3N4S2/c15-14(16,17)10-2-1-3-11(8-10)21-12(18-19-13(21)22)9-20-4-6-23-7-5-20/h1-3,8H,4-7,9H2,(H,19,22). The van der Waals surface area contributed by atoms with Gasteiger partial charge in [0.15, 0.2) is 4.77 Å². The maximum atomic E-state index is 12.9. The number of benzene rings is 1. The summed E-state index contributed by atoms with van der Waals surface area (Å²) in [5.41, 5.74) is -0.321. The van der Waals surface area contributed by atoms with Gasteiger partial charge in [0.1, 0.15) is 5.82 Å². The summed E-state index contributed by atoms with van der Waals surface area (Å²) in [6.07, 6.45) is -4.38. The molecular formula is C14H15F3N4S2. The lowest BCUT2D eigenvalue weighted by atomic mass is 10.2. The Balaban J connectivity index is 1.93. The van der Waals surface area contributed by atoms with Gasteiger partial charge in [0.2, 0.25) is 0 Å². The molecule has 1 N–H and O–H groups in total. The molecule has 1 saturated heterocycles. The van der Waals surface area contributed by atoms with E-state index in [2.05, 4.69) is 15.1 Å². The molecule has 2 heterocycles. The van der Waals surface area contributed by atoms with E-state index in [4.69, 9.17) is 12.2 Å². The number of halogens is 3. The van der Waals surface area contributed by atoms with Gasteiger partial charge in [-0.25, -0.2) is 0 Å². The van der Waals surface area contributed by atoms with Crippen molar-refractivity contribution in [1.82, 2.24) is 19.7 Å². The molecule has 0 atom stereocenters. The summed E-state index contributed by atoms with van der Waals surface area (Å²) >= 11 is 7.10. The summed E-state index contributed by atoms with van der Waals surface area (Å²) < 4.78 is 40.6. The van der Waals surface area contributed by atoms with Crippen LogP contribution in [0.25, 0.3) is 5.69 Å². The number of thioether (sulfide) groups is 1. The van der Waals surface area contributed by atoms with Crippen LogP contribution in [0.3, 0.4) is 0 Å². The summed E-state index contributed by atoms with van der Waals surface area (Å²) in [6.45, 7) is 2.43. The fourth-order valence-corrected chi connectivity index (χ4v) is 3.72. The van der Waals surface area contributed by atoms with E-state index in [0.717, 1.165) is 36.7 Å². The number of aromatic nitrogens is 3. The number of alkyl halides is 3. The first-order valence-corrected chi connectivity index (χ1v) is 8.65. The smallest absolute Gasteiger partial charge is 0.294 e. The van der Waals surface area contributed by atoms with Crippen LogP contribution in [0, 0.1) is 4.77 Å². The van der Waals surface area contributed by atoms with Crippen LogP contribution in [0.4, 0.5) is 13.2 Å². The van der Waals surface area contributed by atoms with Gasteiger partial charge >= 0.3 is 6.18 Å². The van der Waals surface area contributed by atoms with Crippen LogP contribution >= 0.6 is 24.0 Å². The highest BCUT2D eigenvalue weighted by molar-refractivity contribution is 7.99. The second-order valence-corrected chi connectivity index (χ2v) is 6.83. The Morgan fingerprint density at radius 3 is 2.70 bits per heavy atom. The molecule has 124 valence electrons. The fourth-order valence-electron chi connectivity index (χ4n) is 2.48. The number of H-pyrrole nitrogens is 1. The predicted molar refractivity (Wildman–Crippen MR) is 86.4 cm³/mol. The van der Waals surface area contributed by atoms with Crippen molar-refractivity contribution in [2.45, 2.75) is 12.7 Å². The minimum Gasteiger partial charge on any atom is -0.294 e. The van der Waals surface area contributed by atoms with E-state index in [-0.39, 0.29) is 0 Å². The number of hydrogen-bond acceptors (Lipinski definition) is 4. The normalized spacial score (nSPS) is 16.7. The van der Waals surface area contributed by atoms with Crippen molar-refractivity contribution in [3.8, 4) is 5.69 Å². The molecule has 0 radical (unpaired) electrons. The lowest BCUT2D eigenvalue weighted by molar-refractivity contribution is -0.137. The zero-order valence-corrected chi connectivity index (χ0v) is 13.8. The van der Waals surface area contributed by atoms with Gasteiger partial charge in [-0.2, -0.15) is 30.0 Å². The van der Waals surface area contributed by atoms with Crippen molar-refractivity contribution in [2.75, 3.05) is 24.6 Å². The van der Waals surface area contributed by atoms with Crippen molar-refractivity contribution >= 4 is 24.0 Å². The zero-order valence-electron chi connectivity index (χ0n) is 12.1. The van der Waals surface area contributed by atoms with Crippen LogP contribution < -0.4 is 0 Å². The van der Waals surface area contributed by atoms with E-state index >= 15 is 0 Å². The van der Waals surface area contributed by atoms with E-state index in [0.29, 0.717) is 22.8 Å². The van der Waals surface area contributed by atoms with Crippen LogP contribution in [0.1, 0.15) is 11.4 Å². The Bertz CT molecular complexity index is 732. The maximum Gasteiger partial charge on any atom is 0.416 e. The van der Waals surface area contributed by atoms with Crippen molar-refractivity contribution < 1.29 is 13.2 Å². The summed E-state index contributed by atoms with van der Waals surface area (Å²) in [7, 11) is 0. The topological polar surface area (TPSA) is 36.9 Å². The van der Waals surface area contributed by atoms with E-state index < -0.39 is 11.7 Å². The number of nitrogens with one attached hydrogen (secondary N) is 1. The van der Waals surface area contributed by atoms with E-state index in [1.165, 1.54) is 6.07 Å². The van der Waals surface area contributed by atoms with Gasteiger partial charge in [0.25, 0.3) is 0 Å². The first-order chi connectivity index (χ1) is 10.9. The van der Waals surface area contributed by atoms with Crippen molar-refractivity contribution in [3.63, 3.8) is 0 Å². The summed E-state index contributed by atoms with van der Waals surface area (Å²) in [5.74, 6) is 2.73. The molecule has 1 aromatic heterocycles. The molecule has 1 aromatic carbocycles. The molecule has 0 aliphatic carbocycles. The Hall–Kier alpha value is -1.32. The molecule has 0 unspecified atom stereocenters. The van der Waals surface area contributed by atoms with Gasteiger partial charge < -0.3 is 0 Å². The van der Waals surface area contributed by atoms with Crippen molar-refractivity contribution in [1.29, 1.82) is 0 Å². The number of hydrogen-bond donors (Lipinski definition) is 1. The number of rotatable bonds is 3. The molecule has 0 amide bonds. The molecule has 0 saturated carbocycles. The Morgan fingerprint density at radius 2 is 2.00 bits per heavy atom. The average molecular weight is 360 g/mol. The van der Waals surface area contributed by atoms with Crippen LogP contribution in [0.2, 0.25) is 0 Å². The Kier molecular flexibility index (Phi) is 4.79. The van der Waals surface area contributed by atoms with Gasteiger partial charge in [0, 0.05) is 24.6 Å². The number of aromatic amines is 1. The molecule has 1 fully saturated rings. The van der Waals surface area contributed by atoms with Gasteiger partial charge in [-0.05, 0) is 30.4 Å². The maximum absolute atomic E-state index is 12.9. The quantitative estimate of drug-likeness (QED) is 0.850. The minimum atomic E-state index is -4.38. The summed E-state index contributed by atoms with van der Waals surface area (Å²) in [6, 6.07) is 5.14. The predicted octanol–water partition coefficient (Wildman–Crippen LogP) is 3.50. The molecular weight excluding hydrogens is 345 g/mol. The summed E-state index contributed by atoms with van der Waals surface area (Å²) in [5, 5.41) is 6.88. The van der Waals surface area contributed by atoms with Gasteiger partial charge in [-0.3, -0.25) is 14.6 Å². The lowest BCUT2D eigenvalue weighted by Gasteiger charge is -2.25. The molecule has 9 heteroatoms. The third kappa shape index (κ3) is 3.78. The molecule has 4 nitrogen and oxygen atoms in total.